The van der Waals surface area contributed by atoms with E-state index in [4.69, 9.17) is 4.74 Å². The first-order valence-electron chi connectivity index (χ1n) is 14.1. The topological polar surface area (TPSA) is 122 Å². The molecule has 0 radical (unpaired) electrons. The number of quaternary nitrogens is 1. The number of nitrogens with one attached hydrogen (secondary N) is 1. The predicted molar refractivity (Wildman–Crippen MR) is 159 cm³/mol. The number of carbonyl (C=O) groups is 2. The Bertz CT molecular complexity index is 1720. The number of nitrogens with zero attached hydrogens (tertiary/aromatic N) is 6. The summed E-state index contributed by atoms with van der Waals surface area (Å²) in [6.07, 6.45) is -3.83. The minimum Gasteiger partial charge on any atom is -1.00 e. The van der Waals surface area contributed by atoms with Crippen LogP contribution in [0.1, 0.15) is 36.1 Å². The summed E-state index contributed by atoms with van der Waals surface area (Å²) in [5.41, 5.74) is -0.811. The lowest BCUT2D eigenvalue weighted by Gasteiger charge is -2.35. The summed E-state index contributed by atoms with van der Waals surface area (Å²) >= 11 is 0. The molecule has 0 amide bonds. The number of halogens is 4. The van der Waals surface area contributed by atoms with Crippen LogP contribution in [-0.4, -0.2) is 78.5 Å². The van der Waals surface area contributed by atoms with Crippen molar-refractivity contribution in [3.05, 3.63) is 87.0 Å². The highest BCUT2D eigenvalue weighted by atomic mass is 79.9. The van der Waals surface area contributed by atoms with Gasteiger partial charge in [-0.05, 0) is 42.8 Å². The molecule has 1 unspecified atom stereocenters. The SMILES string of the molecule is COC(=O)C1=C(C)N(c2cccc(C(F)(F)F)c2)c2nn(CC(=O)CNCCC[N+](C)(C)C)c(=O)n2C1c1ccc(C#N)cc1.[Br-]. The van der Waals surface area contributed by atoms with Gasteiger partial charge in [-0.3, -0.25) is 9.69 Å². The number of nitriles is 1. The van der Waals surface area contributed by atoms with Crippen LogP contribution in [0.3, 0.4) is 0 Å². The van der Waals surface area contributed by atoms with Crippen molar-refractivity contribution in [1.29, 1.82) is 5.26 Å². The van der Waals surface area contributed by atoms with E-state index in [1.165, 1.54) is 36.1 Å². The largest absolute Gasteiger partial charge is 1.00 e. The van der Waals surface area contributed by atoms with E-state index in [0.29, 0.717) is 17.7 Å². The van der Waals surface area contributed by atoms with Gasteiger partial charge in [-0.15, -0.1) is 5.10 Å². The fraction of sp³-hybridized carbons (Fsp3) is 0.387. The number of esters is 1. The van der Waals surface area contributed by atoms with Crippen LogP contribution >= 0.6 is 0 Å². The van der Waals surface area contributed by atoms with E-state index in [1.807, 2.05) is 6.07 Å². The molecule has 0 saturated heterocycles. The third-order valence-electron chi connectivity index (χ3n) is 7.33. The van der Waals surface area contributed by atoms with E-state index in [-0.39, 0.29) is 52.2 Å². The number of anilines is 2. The molecule has 0 aliphatic carbocycles. The van der Waals surface area contributed by atoms with Gasteiger partial charge in [0, 0.05) is 24.4 Å². The summed E-state index contributed by atoms with van der Waals surface area (Å²) < 4.78 is 49.1. The van der Waals surface area contributed by atoms with Crippen molar-refractivity contribution in [3.8, 4) is 6.07 Å². The first-order chi connectivity index (χ1) is 21.2. The van der Waals surface area contributed by atoms with Crippen LogP contribution in [0, 0.1) is 11.3 Å². The molecule has 15 heteroatoms. The van der Waals surface area contributed by atoms with Crippen molar-refractivity contribution < 1.29 is 49.0 Å². The van der Waals surface area contributed by atoms with E-state index < -0.39 is 36.0 Å². The van der Waals surface area contributed by atoms with E-state index >= 15 is 0 Å². The molecule has 0 spiro atoms. The van der Waals surface area contributed by atoms with Gasteiger partial charge in [0.25, 0.3) is 0 Å². The highest BCUT2D eigenvalue weighted by Gasteiger charge is 2.41. The molecule has 1 aliphatic heterocycles. The van der Waals surface area contributed by atoms with Crippen LogP contribution in [0.25, 0.3) is 0 Å². The second-order valence-corrected chi connectivity index (χ2v) is 11.7. The molecule has 1 atom stereocenters. The van der Waals surface area contributed by atoms with Gasteiger partial charge in [0.05, 0.1) is 64.1 Å². The fourth-order valence-corrected chi connectivity index (χ4v) is 5.17. The number of hydrogen-bond donors (Lipinski definition) is 1. The lowest BCUT2D eigenvalue weighted by atomic mass is 9.93. The van der Waals surface area contributed by atoms with Gasteiger partial charge in [-0.2, -0.15) is 18.4 Å². The summed E-state index contributed by atoms with van der Waals surface area (Å²) in [6, 6.07) is 11.5. The van der Waals surface area contributed by atoms with E-state index in [9.17, 15) is 32.8 Å². The monoisotopic (exact) mass is 705 g/mol. The Balaban J connectivity index is 0.00000576. The summed E-state index contributed by atoms with van der Waals surface area (Å²) in [4.78, 5) is 41.4. The van der Waals surface area contributed by atoms with E-state index in [2.05, 4.69) is 31.6 Å². The number of carbonyl (C=O) groups excluding carboxylic acids is 2. The average Bonchev–Trinajstić information content (AvgIpc) is 3.29. The summed E-state index contributed by atoms with van der Waals surface area (Å²) in [7, 11) is 7.34. The standard InChI is InChI=1S/C31H35F3N7O4.BrH/c1-20-26(28(43)45-5)27(22-12-10-21(17-35)11-13-22)40-29(39(20)24-9-6-8-23(16-24)31(32,33)34)37-38(30(40)44)19-25(42)18-36-14-7-15-41(2,3)4;/h6,8-13,16,27,36H,7,14-15,18-19H2,1-5H3;1H/q+1;/p-1. The fourth-order valence-electron chi connectivity index (χ4n) is 5.17. The summed E-state index contributed by atoms with van der Waals surface area (Å²) in [6.45, 7) is 2.57. The molecule has 4 rings (SSSR count). The Morgan fingerprint density at radius 3 is 2.39 bits per heavy atom. The predicted octanol–water partition coefficient (Wildman–Crippen LogP) is 0.382. The number of aromatic nitrogens is 3. The van der Waals surface area contributed by atoms with E-state index in [1.54, 1.807) is 12.1 Å². The number of allylic oxidation sites excluding steroid dienone is 1. The number of rotatable bonds is 11. The highest BCUT2D eigenvalue weighted by Crippen LogP contribution is 2.43. The molecular weight excluding hydrogens is 671 g/mol. The minimum atomic E-state index is -4.66. The molecule has 0 bridgehead atoms. The lowest BCUT2D eigenvalue weighted by molar-refractivity contribution is -0.870. The molecule has 246 valence electrons. The second-order valence-electron chi connectivity index (χ2n) is 11.7. The third-order valence-corrected chi connectivity index (χ3v) is 7.33. The Morgan fingerprint density at radius 2 is 1.80 bits per heavy atom. The van der Waals surface area contributed by atoms with Crippen LogP contribution in [0.2, 0.25) is 0 Å². The number of ether oxygens (including phenoxy) is 1. The minimum absolute atomic E-state index is 0. The van der Waals surface area contributed by atoms with Crippen LogP contribution in [0.15, 0.2) is 64.6 Å². The first kappa shape index (κ1) is 36.2. The summed E-state index contributed by atoms with van der Waals surface area (Å²) in [5.74, 6) is -1.25. The molecule has 2 heterocycles. The highest BCUT2D eigenvalue weighted by molar-refractivity contribution is 5.93. The number of ketones is 1. The smallest absolute Gasteiger partial charge is 0.416 e. The molecule has 3 aromatic rings. The Hall–Kier alpha value is -4.26. The maximum Gasteiger partial charge on any atom is 0.416 e. The van der Waals surface area contributed by atoms with Crippen molar-refractivity contribution in [2.45, 2.75) is 32.1 Å². The van der Waals surface area contributed by atoms with Crippen molar-refractivity contribution >= 4 is 23.4 Å². The van der Waals surface area contributed by atoms with Gasteiger partial charge >= 0.3 is 17.8 Å². The Labute approximate surface area is 274 Å². The summed E-state index contributed by atoms with van der Waals surface area (Å²) in [5, 5.41) is 16.8. The van der Waals surface area contributed by atoms with Crippen LogP contribution in [-0.2, 0) is 27.0 Å². The Morgan fingerprint density at radius 1 is 1.13 bits per heavy atom. The molecule has 1 aliphatic rings. The van der Waals surface area contributed by atoms with Gasteiger partial charge in [-0.1, -0.05) is 18.2 Å². The van der Waals surface area contributed by atoms with E-state index in [0.717, 1.165) is 45.9 Å². The zero-order valence-corrected chi connectivity index (χ0v) is 27.6. The quantitative estimate of drug-likeness (QED) is 0.173. The van der Waals surface area contributed by atoms with Gasteiger partial charge in [0.15, 0.2) is 5.78 Å². The molecular formula is C31H35BrF3N7O4. The lowest BCUT2D eigenvalue weighted by Crippen LogP contribution is -3.00. The number of Topliss-reactive ketones (excluding diaryl/α,β-unsaturated/α-hetero) is 1. The molecule has 0 fully saturated rings. The number of hydrogen-bond acceptors (Lipinski definition) is 8. The Kier molecular flexibility index (Phi) is 11.4. The van der Waals surface area contributed by atoms with Gasteiger partial charge in [0.1, 0.15) is 12.6 Å². The van der Waals surface area contributed by atoms with Crippen molar-refractivity contribution in [3.63, 3.8) is 0 Å². The molecule has 2 aromatic carbocycles. The van der Waals surface area contributed by atoms with Crippen LogP contribution in [0.4, 0.5) is 24.8 Å². The zero-order valence-electron chi connectivity index (χ0n) is 26.1. The number of methoxy groups -OCH3 is 1. The first-order valence-corrected chi connectivity index (χ1v) is 14.1. The van der Waals surface area contributed by atoms with Crippen molar-refractivity contribution in [1.82, 2.24) is 19.7 Å². The molecule has 0 saturated carbocycles. The van der Waals surface area contributed by atoms with Crippen molar-refractivity contribution in [2.24, 2.45) is 0 Å². The van der Waals surface area contributed by atoms with Crippen LogP contribution < -0.4 is 32.9 Å². The maximum absolute atomic E-state index is 14.0. The average molecular weight is 707 g/mol. The molecule has 1 N–H and O–H groups in total. The zero-order chi connectivity index (χ0) is 33.1. The molecule has 11 nitrogen and oxygen atoms in total. The van der Waals surface area contributed by atoms with Crippen LogP contribution in [0.5, 0.6) is 0 Å². The van der Waals surface area contributed by atoms with Crippen molar-refractivity contribution in [2.75, 3.05) is 52.8 Å². The van der Waals surface area contributed by atoms with Gasteiger partial charge in [-0.25, -0.2) is 18.8 Å². The normalized spacial score (nSPS) is 14.8. The number of benzene rings is 2. The van der Waals surface area contributed by atoms with Gasteiger partial charge in [0.2, 0.25) is 5.95 Å². The number of alkyl halides is 3. The number of fused-ring (bicyclic) bond motifs is 1. The maximum atomic E-state index is 14.0. The third kappa shape index (κ3) is 7.93. The second kappa shape index (κ2) is 14.4. The molecule has 46 heavy (non-hydrogen) atoms. The molecule has 1 aromatic heterocycles. The van der Waals surface area contributed by atoms with Gasteiger partial charge < -0.3 is 31.5 Å².